The molecule has 1 aromatic rings. The van der Waals surface area contributed by atoms with Gasteiger partial charge >= 0.3 is 0 Å². The summed E-state index contributed by atoms with van der Waals surface area (Å²) in [6, 6.07) is 4.42. The smallest absolute Gasteiger partial charge is 0.271 e. The van der Waals surface area contributed by atoms with Crippen molar-refractivity contribution in [3.63, 3.8) is 0 Å². The number of carbonyl (C=O) groups is 1. The van der Waals surface area contributed by atoms with Gasteiger partial charge in [0.05, 0.1) is 11.7 Å². The van der Waals surface area contributed by atoms with E-state index in [-0.39, 0.29) is 11.7 Å². The van der Waals surface area contributed by atoms with E-state index in [1.807, 2.05) is 0 Å². The Labute approximate surface area is 88.2 Å². The molecule has 1 amide bonds. The molecule has 1 rings (SSSR count). The van der Waals surface area contributed by atoms with E-state index in [2.05, 4.69) is 5.48 Å². The van der Waals surface area contributed by atoms with Crippen LogP contribution in [0.2, 0.25) is 0 Å². The van der Waals surface area contributed by atoms with Crippen LogP contribution in [0.3, 0.4) is 0 Å². The molecule has 0 saturated carbocycles. The Hall–Kier alpha value is -1.42. The summed E-state index contributed by atoms with van der Waals surface area (Å²) in [4.78, 5) is 16.3. The van der Waals surface area contributed by atoms with E-state index in [4.69, 9.17) is 4.84 Å². The highest BCUT2D eigenvalue weighted by molar-refractivity contribution is 5.93. The van der Waals surface area contributed by atoms with Gasteiger partial charge in [-0.15, -0.1) is 0 Å². The van der Waals surface area contributed by atoms with Gasteiger partial charge in [0, 0.05) is 0 Å². The second kappa shape index (κ2) is 4.89. The molecule has 0 saturated heterocycles. The summed E-state index contributed by atoms with van der Waals surface area (Å²) in [5.74, 6) is -1.11. The Bertz CT molecular complexity index is 364. The molecule has 0 unspecified atom stereocenters. The first-order valence-corrected chi connectivity index (χ1v) is 4.73. The van der Waals surface area contributed by atoms with Crippen LogP contribution < -0.4 is 5.48 Å². The van der Waals surface area contributed by atoms with E-state index >= 15 is 0 Å². The summed E-state index contributed by atoms with van der Waals surface area (Å²) in [7, 11) is 0. The zero-order chi connectivity index (χ0) is 11.4. The van der Waals surface area contributed by atoms with Crippen LogP contribution >= 0.6 is 0 Å². The van der Waals surface area contributed by atoms with E-state index in [1.165, 1.54) is 12.1 Å². The number of hydrogen-bond acceptors (Lipinski definition) is 2. The molecular formula is C11H14FNO2. The Morgan fingerprint density at radius 3 is 2.67 bits per heavy atom. The summed E-state index contributed by atoms with van der Waals surface area (Å²) < 4.78 is 13.3. The van der Waals surface area contributed by atoms with Crippen molar-refractivity contribution < 1.29 is 14.0 Å². The monoisotopic (exact) mass is 211 g/mol. The van der Waals surface area contributed by atoms with Crippen LogP contribution in [0.5, 0.6) is 0 Å². The minimum Gasteiger partial charge on any atom is -0.271 e. The molecule has 4 heteroatoms. The summed E-state index contributed by atoms with van der Waals surface area (Å²) >= 11 is 0. The molecule has 1 aromatic carbocycles. The Balaban J connectivity index is 2.74. The molecule has 3 nitrogen and oxygen atoms in total. The molecular weight excluding hydrogens is 197 g/mol. The number of benzene rings is 1. The maximum atomic E-state index is 13.3. The van der Waals surface area contributed by atoms with E-state index in [1.54, 1.807) is 26.8 Å². The van der Waals surface area contributed by atoms with Crippen molar-refractivity contribution in [1.29, 1.82) is 0 Å². The van der Waals surface area contributed by atoms with Crippen LogP contribution in [-0.4, -0.2) is 12.0 Å². The van der Waals surface area contributed by atoms with Gasteiger partial charge in [-0.3, -0.25) is 9.63 Å². The average molecular weight is 211 g/mol. The molecule has 0 aliphatic heterocycles. The molecule has 0 spiro atoms. The number of halogens is 1. The second-order valence-electron chi connectivity index (χ2n) is 3.58. The molecule has 0 bridgehead atoms. The Kier molecular flexibility index (Phi) is 3.80. The maximum Gasteiger partial charge on any atom is 0.277 e. The normalized spacial score (nSPS) is 10.5. The zero-order valence-corrected chi connectivity index (χ0v) is 9.00. The van der Waals surface area contributed by atoms with Gasteiger partial charge < -0.3 is 0 Å². The topological polar surface area (TPSA) is 38.3 Å². The van der Waals surface area contributed by atoms with Gasteiger partial charge in [0.2, 0.25) is 0 Å². The average Bonchev–Trinajstić information content (AvgIpc) is 2.14. The summed E-state index contributed by atoms with van der Waals surface area (Å²) in [6.07, 6.45) is -0.137. The number of amides is 1. The second-order valence-corrected chi connectivity index (χ2v) is 3.58. The summed E-state index contributed by atoms with van der Waals surface area (Å²) in [6.45, 7) is 5.30. The third kappa shape index (κ3) is 3.32. The van der Waals surface area contributed by atoms with Crippen LogP contribution in [0.25, 0.3) is 0 Å². The maximum absolute atomic E-state index is 13.3. The molecule has 15 heavy (non-hydrogen) atoms. The first-order valence-electron chi connectivity index (χ1n) is 4.73. The quantitative estimate of drug-likeness (QED) is 0.778. The molecule has 0 radical (unpaired) electrons. The minimum absolute atomic E-state index is 0.0127. The molecule has 0 atom stereocenters. The highest BCUT2D eigenvalue weighted by atomic mass is 19.1. The van der Waals surface area contributed by atoms with E-state index in [0.29, 0.717) is 0 Å². The number of aryl methyl sites for hydroxylation is 1. The van der Waals surface area contributed by atoms with Crippen molar-refractivity contribution in [2.45, 2.75) is 26.9 Å². The van der Waals surface area contributed by atoms with Gasteiger partial charge in [-0.2, -0.15) is 0 Å². The number of hydrogen-bond donors (Lipinski definition) is 1. The lowest BCUT2D eigenvalue weighted by atomic mass is 10.1. The van der Waals surface area contributed by atoms with Crippen LogP contribution in [0.1, 0.15) is 29.8 Å². The SMILES string of the molecule is Cc1ccc(C(=O)NOC(C)C)c(F)c1. The Morgan fingerprint density at radius 1 is 1.47 bits per heavy atom. The van der Waals surface area contributed by atoms with E-state index in [0.717, 1.165) is 5.56 Å². The van der Waals surface area contributed by atoms with Gasteiger partial charge in [-0.05, 0) is 38.5 Å². The van der Waals surface area contributed by atoms with E-state index < -0.39 is 11.7 Å². The summed E-state index contributed by atoms with van der Waals surface area (Å²) in [5, 5.41) is 0. The molecule has 0 fully saturated rings. The number of carbonyl (C=O) groups excluding carboxylic acids is 1. The van der Waals surface area contributed by atoms with Crippen molar-refractivity contribution in [2.75, 3.05) is 0 Å². The molecule has 0 heterocycles. The van der Waals surface area contributed by atoms with Crippen LogP contribution in [-0.2, 0) is 4.84 Å². The van der Waals surface area contributed by atoms with Crippen molar-refractivity contribution >= 4 is 5.91 Å². The van der Waals surface area contributed by atoms with Crippen molar-refractivity contribution in [1.82, 2.24) is 5.48 Å². The van der Waals surface area contributed by atoms with Crippen LogP contribution in [0, 0.1) is 12.7 Å². The molecule has 1 N–H and O–H groups in total. The highest BCUT2D eigenvalue weighted by Gasteiger charge is 2.11. The molecule has 0 aromatic heterocycles. The first-order chi connectivity index (χ1) is 7.00. The lowest BCUT2D eigenvalue weighted by molar-refractivity contribution is -0.0000645. The van der Waals surface area contributed by atoms with Crippen molar-refractivity contribution in [3.8, 4) is 0 Å². The molecule has 82 valence electrons. The van der Waals surface area contributed by atoms with Crippen LogP contribution in [0.15, 0.2) is 18.2 Å². The number of nitrogens with one attached hydrogen (secondary N) is 1. The van der Waals surface area contributed by atoms with Crippen molar-refractivity contribution in [2.24, 2.45) is 0 Å². The minimum atomic E-state index is -0.568. The molecule has 0 aliphatic carbocycles. The fourth-order valence-electron chi connectivity index (χ4n) is 1.03. The van der Waals surface area contributed by atoms with Gasteiger partial charge in [0.1, 0.15) is 5.82 Å². The number of hydroxylamine groups is 1. The number of rotatable bonds is 3. The lowest BCUT2D eigenvalue weighted by Crippen LogP contribution is -2.27. The lowest BCUT2D eigenvalue weighted by Gasteiger charge is -2.09. The predicted octanol–water partition coefficient (Wildman–Crippen LogP) is 2.20. The van der Waals surface area contributed by atoms with Crippen LogP contribution in [0.4, 0.5) is 4.39 Å². The van der Waals surface area contributed by atoms with Gasteiger partial charge in [0.25, 0.3) is 5.91 Å². The van der Waals surface area contributed by atoms with E-state index in [9.17, 15) is 9.18 Å². The van der Waals surface area contributed by atoms with Gasteiger partial charge in [0.15, 0.2) is 0 Å². The fourth-order valence-corrected chi connectivity index (χ4v) is 1.03. The van der Waals surface area contributed by atoms with Gasteiger partial charge in [-0.25, -0.2) is 9.87 Å². The third-order valence-corrected chi connectivity index (χ3v) is 1.76. The largest absolute Gasteiger partial charge is 0.277 e. The third-order valence-electron chi connectivity index (χ3n) is 1.76. The first kappa shape index (κ1) is 11.7. The fraction of sp³-hybridized carbons (Fsp3) is 0.364. The molecule has 0 aliphatic rings. The zero-order valence-electron chi connectivity index (χ0n) is 9.00. The highest BCUT2D eigenvalue weighted by Crippen LogP contribution is 2.09. The summed E-state index contributed by atoms with van der Waals surface area (Å²) in [5.41, 5.74) is 2.94. The van der Waals surface area contributed by atoms with Crippen molar-refractivity contribution in [3.05, 3.63) is 35.1 Å². The predicted molar refractivity (Wildman–Crippen MR) is 54.8 cm³/mol. The standard InChI is InChI=1S/C11H14FNO2/c1-7(2)15-13-11(14)9-5-4-8(3)6-10(9)12/h4-7H,1-3H3,(H,13,14). The van der Waals surface area contributed by atoms with Gasteiger partial charge in [-0.1, -0.05) is 6.07 Å². The Morgan fingerprint density at radius 2 is 2.13 bits per heavy atom.